The van der Waals surface area contributed by atoms with Crippen LogP contribution in [0.2, 0.25) is 0 Å². The van der Waals surface area contributed by atoms with Crippen LogP contribution in [-0.4, -0.2) is 45.2 Å². The number of likely N-dealkylation sites (N-methyl/N-ethyl adjacent to an activating group) is 1. The molecule has 0 radical (unpaired) electrons. The summed E-state index contributed by atoms with van der Waals surface area (Å²) in [5.74, 6) is 1.63. The van der Waals surface area contributed by atoms with Crippen LogP contribution < -0.4 is 9.80 Å². The first-order valence-corrected chi connectivity index (χ1v) is 10.7. The largest absolute Gasteiger partial charge is 0.369 e. The van der Waals surface area contributed by atoms with Crippen LogP contribution in [0.15, 0.2) is 73.2 Å². The predicted octanol–water partition coefficient (Wildman–Crippen LogP) is 4.31. The van der Waals surface area contributed by atoms with Crippen molar-refractivity contribution >= 4 is 22.7 Å². The number of rotatable bonds is 5. The second kappa shape index (κ2) is 8.14. The Hall–Kier alpha value is -3.41. The monoisotopic (exact) mass is 398 g/mol. The number of aromatic nitrogens is 4. The topological polar surface area (TPSA) is 50.1 Å². The Bertz CT molecular complexity index is 1120. The molecular weight excluding hydrogens is 372 g/mol. The van der Waals surface area contributed by atoms with Gasteiger partial charge in [0.1, 0.15) is 12.1 Å². The SMILES string of the molecule is CCN(c1nccc(-n2cnc3ccccc32)n1)C1CCCN(c2ccccc2)C1. The van der Waals surface area contributed by atoms with E-state index in [0.29, 0.717) is 6.04 Å². The normalized spacial score (nSPS) is 16.7. The van der Waals surface area contributed by atoms with Crippen LogP contribution >= 0.6 is 0 Å². The third kappa shape index (κ3) is 3.49. The zero-order valence-corrected chi connectivity index (χ0v) is 17.2. The maximum atomic E-state index is 4.93. The van der Waals surface area contributed by atoms with Crippen molar-refractivity contribution in [1.29, 1.82) is 0 Å². The standard InChI is InChI=1S/C24H26N6/c1-2-29(20-11-8-16-28(17-20)19-9-4-3-5-10-19)24-25-15-14-23(27-24)30-18-26-21-12-6-7-13-22(21)30/h3-7,9-10,12-15,18,20H,2,8,11,16-17H2,1H3. The molecule has 1 atom stereocenters. The zero-order valence-electron chi connectivity index (χ0n) is 17.2. The van der Waals surface area contributed by atoms with Gasteiger partial charge in [0.15, 0.2) is 0 Å². The lowest BCUT2D eigenvalue weighted by atomic mass is 10.0. The molecule has 0 amide bonds. The van der Waals surface area contributed by atoms with Crippen molar-refractivity contribution in [3.8, 4) is 5.82 Å². The zero-order chi connectivity index (χ0) is 20.3. The molecule has 1 aliphatic heterocycles. The molecule has 0 saturated carbocycles. The first-order chi connectivity index (χ1) is 14.8. The number of piperidine rings is 1. The number of para-hydroxylation sites is 3. The van der Waals surface area contributed by atoms with Crippen LogP contribution in [0.3, 0.4) is 0 Å². The van der Waals surface area contributed by atoms with Gasteiger partial charge in [-0.05, 0) is 50.1 Å². The maximum absolute atomic E-state index is 4.93. The molecule has 1 fully saturated rings. The quantitative estimate of drug-likeness (QED) is 0.501. The Morgan fingerprint density at radius 2 is 1.83 bits per heavy atom. The lowest BCUT2D eigenvalue weighted by Crippen LogP contribution is -2.48. The van der Waals surface area contributed by atoms with Crippen LogP contribution in [0.4, 0.5) is 11.6 Å². The fraction of sp³-hybridized carbons (Fsp3) is 0.292. The lowest BCUT2D eigenvalue weighted by molar-refractivity contribution is 0.470. The first-order valence-electron chi connectivity index (χ1n) is 10.7. The van der Waals surface area contributed by atoms with Crippen molar-refractivity contribution < 1.29 is 0 Å². The highest BCUT2D eigenvalue weighted by molar-refractivity contribution is 5.76. The van der Waals surface area contributed by atoms with E-state index in [-0.39, 0.29) is 0 Å². The minimum Gasteiger partial charge on any atom is -0.369 e. The molecule has 0 aliphatic carbocycles. The average molecular weight is 399 g/mol. The molecule has 0 spiro atoms. The van der Waals surface area contributed by atoms with Gasteiger partial charge < -0.3 is 9.80 Å². The van der Waals surface area contributed by atoms with Gasteiger partial charge in [-0.2, -0.15) is 4.98 Å². The molecule has 3 heterocycles. The molecule has 2 aromatic carbocycles. The molecule has 6 nitrogen and oxygen atoms in total. The molecule has 1 saturated heterocycles. The number of fused-ring (bicyclic) bond motifs is 1. The van der Waals surface area contributed by atoms with Crippen molar-refractivity contribution in [2.45, 2.75) is 25.8 Å². The Kier molecular flexibility index (Phi) is 5.05. The minimum atomic E-state index is 0.388. The van der Waals surface area contributed by atoms with Crippen LogP contribution in [0.1, 0.15) is 19.8 Å². The fourth-order valence-electron chi connectivity index (χ4n) is 4.40. The van der Waals surface area contributed by atoms with Crippen molar-refractivity contribution in [3.63, 3.8) is 0 Å². The van der Waals surface area contributed by atoms with Gasteiger partial charge in [-0.3, -0.25) is 4.57 Å². The van der Waals surface area contributed by atoms with Crippen molar-refractivity contribution in [2.75, 3.05) is 29.4 Å². The van der Waals surface area contributed by atoms with Crippen molar-refractivity contribution in [2.24, 2.45) is 0 Å². The molecule has 1 unspecified atom stereocenters. The molecule has 4 aromatic rings. The second-order valence-electron chi connectivity index (χ2n) is 7.68. The summed E-state index contributed by atoms with van der Waals surface area (Å²) >= 11 is 0. The van der Waals surface area contributed by atoms with Gasteiger partial charge in [0.25, 0.3) is 0 Å². The van der Waals surface area contributed by atoms with E-state index in [4.69, 9.17) is 4.98 Å². The number of anilines is 2. The Balaban J connectivity index is 1.43. The van der Waals surface area contributed by atoms with Crippen LogP contribution in [0.5, 0.6) is 0 Å². The predicted molar refractivity (Wildman–Crippen MR) is 121 cm³/mol. The van der Waals surface area contributed by atoms with E-state index >= 15 is 0 Å². The van der Waals surface area contributed by atoms with Gasteiger partial charge in [0.05, 0.1) is 11.0 Å². The summed E-state index contributed by atoms with van der Waals surface area (Å²) in [5, 5.41) is 0. The molecule has 1 aliphatic rings. The van der Waals surface area contributed by atoms with Gasteiger partial charge in [-0.25, -0.2) is 9.97 Å². The van der Waals surface area contributed by atoms with E-state index in [1.807, 2.05) is 41.4 Å². The minimum absolute atomic E-state index is 0.388. The molecule has 152 valence electrons. The Labute approximate surface area is 176 Å². The van der Waals surface area contributed by atoms with Crippen LogP contribution in [-0.2, 0) is 0 Å². The molecule has 0 bridgehead atoms. The number of hydrogen-bond donors (Lipinski definition) is 0. The van der Waals surface area contributed by atoms with Gasteiger partial charge in [0, 0.05) is 37.6 Å². The van der Waals surface area contributed by atoms with Gasteiger partial charge in [-0.15, -0.1) is 0 Å². The van der Waals surface area contributed by atoms with E-state index in [1.165, 1.54) is 12.1 Å². The molecule has 6 heteroatoms. The average Bonchev–Trinajstić information content (AvgIpc) is 3.25. The third-order valence-corrected chi connectivity index (χ3v) is 5.88. The number of hydrogen-bond acceptors (Lipinski definition) is 5. The smallest absolute Gasteiger partial charge is 0.227 e. The highest BCUT2D eigenvalue weighted by atomic mass is 15.3. The van der Waals surface area contributed by atoms with E-state index < -0.39 is 0 Å². The highest BCUT2D eigenvalue weighted by Gasteiger charge is 2.26. The van der Waals surface area contributed by atoms with E-state index in [0.717, 1.165) is 48.9 Å². The summed E-state index contributed by atoms with van der Waals surface area (Å²) in [6.45, 7) is 5.14. The number of nitrogens with zero attached hydrogens (tertiary/aromatic N) is 6. The molecule has 2 aromatic heterocycles. The number of benzene rings is 2. The van der Waals surface area contributed by atoms with Crippen LogP contribution in [0, 0.1) is 0 Å². The Morgan fingerprint density at radius 1 is 1.00 bits per heavy atom. The van der Waals surface area contributed by atoms with Gasteiger partial charge >= 0.3 is 0 Å². The van der Waals surface area contributed by atoms with Crippen LogP contribution in [0.25, 0.3) is 16.9 Å². The Morgan fingerprint density at radius 3 is 2.70 bits per heavy atom. The molecule has 30 heavy (non-hydrogen) atoms. The molecule has 5 rings (SSSR count). The van der Waals surface area contributed by atoms with Gasteiger partial charge in [-0.1, -0.05) is 30.3 Å². The van der Waals surface area contributed by atoms with E-state index in [9.17, 15) is 0 Å². The summed E-state index contributed by atoms with van der Waals surface area (Å²) in [6, 6.07) is 21.1. The van der Waals surface area contributed by atoms with E-state index in [2.05, 4.69) is 63.1 Å². The van der Waals surface area contributed by atoms with Gasteiger partial charge in [0.2, 0.25) is 5.95 Å². The summed E-state index contributed by atoms with van der Waals surface area (Å²) in [6.07, 6.45) is 6.01. The summed E-state index contributed by atoms with van der Waals surface area (Å²) in [4.78, 5) is 18.9. The number of imidazole rings is 1. The highest BCUT2D eigenvalue weighted by Crippen LogP contribution is 2.25. The van der Waals surface area contributed by atoms with Crippen molar-refractivity contribution in [1.82, 2.24) is 19.5 Å². The second-order valence-corrected chi connectivity index (χ2v) is 7.68. The molecular formula is C24H26N6. The lowest BCUT2D eigenvalue weighted by Gasteiger charge is -2.40. The summed E-state index contributed by atoms with van der Waals surface area (Å²) < 4.78 is 2.03. The summed E-state index contributed by atoms with van der Waals surface area (Å²) in [7, 11) is 0. The first kappa shape index (κ1) is 18.6. The van der Waals surface area contributed by atoms with E-state index in [1.54, 1.807) is 0 Å². The molecule has 0 N–H and O–H groups in total. The summed E-state index contributed by atoms with van der Waals surface area (Å²) in [5.41, 5.74) is 3.31. The van der Waals surface area contributed by atoms with Crippen molar-refractivity contribution in [3.05, 3.63) is 73.2 Å². The fourth-order valence-corrected chi connectivity index (χ4v) is 4.40. The third-order valence-electron chi connectivity index (χ3n) is 5.88. The maximum Gasteiger partial charge on any atom is 0.227 e.